The number of hydrogen-bond donors (Lipinski definition) is 6. The van der Waals surface area contributed by atoms with Crippen molar-refractivity contribution in [3.63, 3.8) is 0 Å². The summed E-state index contributed by atoms with van der Waals surface area (Å²) in [6.07, 6.45) is -6.74. The summed E-state index contributed by atoms with van der Waals surface area (Å²) < 4.78 is 77.8. The Bertz CT molecular complexity index is 2590. The molecule has 2 aliphatic carbocycles. The van der Waals surface area contributed by atoms with Crippen LogP contribution in [-0.4, -0.2) is 209 Å². The summed E-state index contributed by atoms with van der Waals surface area (Å²) in [4.78, 5) is 33.1. The second-order valence-electron chi connectivity index (χ2n) is 24.6. The molecular weight excluding hydrogens is 1070 g/mol. The lowest BCUT2D eigenvalue weighted by Gasteiger charge is -2.50. The number of benzene rings is 2. The Labute approximate surface area is 480 Å². The van der Waals surface area contributed by atoms with Gasteiger partial charge in [0.05, 0.1) is 89.4 Å². The number of aliphatic hydroxyl groups excluding tert-OH is 2. The van der Waals surface area contributed by atoms with Crippen LogP contribution in [0.4, 0.5) is 0 Å². The number of carbonyl (C=O) groups is 2. The third kappa shape index (κ3) is 12.3. The van der Waals surface area contributed by atoms with Crippen molar-refractivity contribution >= 4 is 11.6 Å². The average molecular weight is 1160 g/mol. The van der Waals surface area contributed by atoms with E-state index >= 15 is 0 Å². The number of phenolic OH excluding ortho intramolecular Hbond substituents is 3. The number of hydrogen-bond acceptors (Lipinski definition) is 22. The van der Waals surface area contributed by atoms with E-state index in [1.165, 1.54) is 18.2 Å². The smallest absolute Gasteiger partial charge is 0.202 e. The molecule has 0 bridgehead atoms. The monoisotopic (exact) mass is 1160 g/mol. The van der Waals surface area contributed by atoms with E-state index in [1.807, 2.05) is 79.5 Å². The number of likely N-dealkylation sites (N-methyl/N-ethyl adjacent to an activating group) is 2. The Kier molecular flexibility index (Phi) is 18.8. The fourth-order valence-electron chi connectivity index (χ4n) is 13.7. The van der Waals surface area contributed by atoms with Crippen LogP contribution in [0.5, 0.6) is 17.2 Å². The third-order valence-corrected chi connectivity index (χ3v) is 18.6. The van der Waals surface area contributed by atoms with Gasteiger partial charge >= 0.3 is 0 Å². The molecule has 0 amide bonds. The minimum absolute atomic E-state index is 0.0402. The molecule has 6 saturated heterocycles. The molecule has 2 aromatic rings. The summed E-state index contributed by atoms with van der Waals surface area (Å²) in [5, 5.41) is 69.7. The highest BCUT2D eigenvalue weighted by molar-refractivity contribution is 6.31. The SMILES string of the molecule is CC[C@@]1(O)C[C@H](O[C@H]2C[C@H](N(C)C)[C@H](O[C@H]3CC[C@H](O[C@H]4CC[C@H](O)[C@H](C)O4)[C@H](C)O3)[C@H](C)O2)c2c(O)c3c(c(O)c2[C@H]1O[C@H]1C[C@H](N(C)C)[C@H](O[C@H]2CC[C@H](O[C@H]4CC[C@H](O)[C@H](C)O4)[C@H](C)O2)[C@H](C)O1)C(=O)c1cccc(O)c1C3=O. The Balaban J connectivity index is 0.885. The van der Waals surface area contributed by atoms with Gasteiger partial charge in [-0.15, -0.1) is 0 Å². The zero-order valence-corrected chi connectivity index (χ0v) is 49.2. The van der Waals surface area contributed by atoms with Gasteiger partial charge in [-0.25, -0.2) is 0 Å². The van der Waals surface area contributed by atoms with E-state index in [4.69, 9.17) is 56.8 Å². The third-order valence-electron chi connectivity index (χ3n) is 18.6. The first kappa shape index (κ1) is 61.6. The second-order valence-corrected chi connectivity index (χ2v) is 24.6. The van der Waals surface area contributed by atoms with Gasteiger partial charge in [-0.3, -0.25) is 9.59 Å². The molecule has 0 saturated carbocycles. The van der Waals surface area contributed by atoms with Gasteiger partial charge in [0.1, 0.15) is 35.6 Å². The number of aromatic hydroxyl groups is 3. The maximum Gasteiger partial charge on any atom is 0.202 e. The molecule has 6 N–H and O–H groups in total. The van der Waals surface area contributed by atoms with Crippen LogP contribution >= 0.6 is 0 Å². The van der Waals surface area contributed by atoms with Gasteiger partial charge in [0, 0.05) is 73.7 Å². The first-order valence-corrected chi connectivity index (χ1v) is 29.7. The first-order valence-electron chi connectivity index (χ1n) is 29.7. The highest BCUT2D eigenvalue weighted by Crippen LogP contribution is 2.58. The predicted molar refractivity (Wildman–Crippen MR) is 291 cm³/mol. The molecular formula is C60H88N2O20. The molecule has 2 aromatic carbocycles. The summed E-state index contributed by atoms with van der Waals surface area (Å²) in [5.41, 5.74) is -3.57. The Morgan fingerprint density at radius 1 is 0.524 bits per heavy atom. The van der Waals surface area contributed by atoms with Crippen LogP contribution in [0.2, 0.25) is 0 Å². The number of fused-ring (bicyclic) bond motifs is 3. The van der Waals surface area contributed by atoms with Gasteiger partial charge in [-0.2, -0.15) is 0 Å². The zero-order valence-electron chi connectivity index (χ0n) is 49.2. The van der Waals surface area contributed by atoms with Gasteiger partial charge in [0.25, 0.3) is 0 Å². The first-order chi connectivity index (χ1) is 38.9. The van der Waals surface area contributed by atoms with Gasteiger partial charge in [0.15, 0.2) is 43.5 Å². The van der Waals surface area contributed by atoms with E-state index < -0.39 is 132 Å². The van der Waals surface area contributed by atoms with Crippen LogP contribution in [0, 0.1) is 0 Å². The zero-order chi connectivity index (χ0) is 58.8. The standard InChI is InChI=1S/C60H88N2O20/c1-12-60(70)26-41(79-46-24-34(61(8)9)57(31(6)75-46)80-44-22-18-39(29(4)73-44)77-42-20-16-36(63)27(2)71-42)49-52(56(69)50-51(55(49)68)54(67)48-33(53(50)66)14-13-15-38(48)65)59(60)82-47-25-35(62(10)11)58(32(7)76-47)81-45-23-19-40(30(5)74-45)78-43-21-17-37(64)28(3)72-43/h13-15,27-32,34-37,39-47,57-59,63-65,68-70H,12,16-26H2,1-11H3/t27-,28-,29-,30-,31-,32-,34-,35-,36-,37-,39-,40-,41-,42-,43-,44-,45-,46-,47-,57+,58+,59+,60+/m0/s1. The number of ether oxygens (including phenoxy) is 12. The number of phenols is 3. The Morgan fingerprint density at radius 3 is 1.44 bits per heavy atom. The molecule has 0 radical (unpaired) electrons. The van der Waals surface area contributed by atoms with Crippen molar-refractivity contribution in [3.8, 4) is 17.2 Å². The van der Waals surface area contributed by atoms with Gasteiger partial charge < -0.3 is 97.3 Å². The molecule has 23 atom stereocenters. The van der Waals surface area contributed by atoms with Crippen molar-refractivity contribution < 1.29 is 97.1 Å². The van der Waals surface area contributed by atoms with Gasteiger partial charge in [-0.05, 0) is 108 Å². The summed E-state index contributed by atoms with van der Waals surface area (Å²) in [6.45, 7) is 13.0. The highest BCUT2D eigenvalue weighted by Gasteiger charge is 2.55. The van der Waals surface area contributed by atoms with Crippen molar-refractivity contribution in [2.45, 2.75) is 266 Å². The van der Waals surface area contributed by atoms with E-state index in [9.17, 15) is 40.2 Å². The molecule has 6 fully saturated rings. The van der Waals surface area contributed by atoms with Crippen molar-refractivity contribution in [3.05, 3.63) is 51.6 Å². The van der Waals surface area contributed by atoms with Crippen LogP contribution in [-0.2, 0) is 56.8 Å². The Morgan fingerprint density at radius 2 is 0.963 bits per heavy atom. The molecule has 8 aliphatic rings. The van der Waals surface area contributed by atoms with E-state index in [1.54, 1.807) is 6.92 Å². The number of nitrogens with zero attached hydrogens (tertiary/aromatic N) is 2. The van der Waals surface area contributed by atoms with Gasteiger partial charge in [-0.1, -0.05) is 19.1 Å². The molecule has 458 valence electrons. The number of ketones is 2. The maximum absolute atomic E-state index is 14.5. The summed E-state index contributed by atoms with van der Waals surface area (Å²) >= 11 is 0. The van der Waals surface area contributed by atoms with Crippen molar-refractivity contribution in [2.75, 3.05) is 28.2 Å². The van der Waals surface area contributed by atoms with Gasteiger partial charge in [0.2, 0.25) is 5.78 Å². The maximum atomic E-state index is 14.5. The van der Waals surface area contributed by atoms with Crippen LogP contribution < -0.4 is 0 Å². The van der Waals surface area contributed by atoms with Crippen LogP contribution in [0.25, 0.3) is 0 Å². The summed E-state index contributed by atoms with van der Waals surface area (Å²) in [5.74, 6) is -3.53. The molecule has 22 heteroatoms. The summed E-state index contributed by atoms with van der Waals surface area (Å²) in [7, 11) is 7.69. The average Bonchev–Trinajstić information content (AvgIpc) is 3.62. The molecule has 0 aromatic heterocycles. The minimum Gasteiger partial charge on any atom is -0.507 e. The van der Waals surface area contributed by atoms with Crippen LogP contribution in [0.15, 0.2) is 18.2 Å². The van der Waals surface area contributed by atoms with Crippen LogP contribution in [0.1, 0.15) is 181 Å². The molecule has 0 unspecified atom stereocenters. The second kappa shape index (κ2) is 25.1. The lowest BCUT2D eigenvalue weighted by Crippen LogP contribution is -2.57. The minimum atomic E-state index is -1.85. The quantitative estimate of drug-likeness (QED) is 0.0992. The largest absolute Gasteiger partial charge is 0.507 e. The molecule has 0 spiro atoms. The topological polar surface area (TPSA) is 273 Å². The van der Waals surface area contributed by atoms with E-state index in [-0.39, 0.29) is 96.6 Å². The van der Waals surface area contributed by atoms with E-state index in [2.05, 4.69) is 0 Å². The lowest BCUT2D eigenvalue weighted by atomic mass is 9.70. The molecule has 6 aliphatic heterocycles. The Hall–Kier alpha value is -3.50. The van der Waals surface area contributed by atoms with Crippen LogP contribution in [0.3, 0.4) is 0 Å². The summed E-state index contributed by atoms with van der Waals surface area (Å²) in [6, 6.07) is 3.42. The fraction of sp³-hybridized carbons (Fsp3) is 0.767. The number of rotatable bonds is 15. The molecule has 82 heavy (non-hydrogen) atoms. The van der Waals surface area contributed by atoms with E-state index in [0.717, 1.165) is 0 Å². The predicted octanol–water partition coefficient (Wildman–Crippen LogP) is 5.73. The van der Waals surface area contributed by atoms with Crippen molar-refractivity contribution in [2.24, 2.45) is 0 Å². The lowest BCUT2D eigenvalue weighted by molar-refractivity contribution is -0.324. The van der Waals surface area contributed by atoms with E-state index in [0.29, 0.717) is 51.4 Å². The van der Waals surface area contributed by atoms with Crippen molar-refractivity contribution in [1.29, 1.82) is 0 Å². The fourth-order valence-corrected chi connectivity index (χ4v) is 13.7. The number of aliphatic hydroxyl groups is 3. The molecule has 22 nitrogen and oxygen atoms in total. The normalized spacial score (nSPS) is 41.8. The number of carbonyl (C=O) groups excluding carboxylic acids is 2. The van der Waals surface area contributed by atoms with Crippen molar-refractivity contribution in [1.82, 2.24) is 9.80 Å². The molecule has 6 heterocycles. The highest BCUT2D eigenvalue weighted by atomic mass is 16.8. The molecule has 10 rings (SSSR count).